The Bertz CT molecular complexity index is 576. The normalized spacial score (nSPS) is 25.6. The van der Waals surface area contributed by atoms with Gasteiger partial charge < -0.3 is 10.0 Å². The first-order valence-electron chi connectivity index (χ1n) is 6.75. The molecule has 0 aromatic carbocycles. The molecule has 2 atom stereocenters. The van der Waals surface area contributed by atoms with Crippen molar-refractivity contribution in [3.63, 3.8) is 0 Å². The molecule has 5 nitrogen and oxygen atoms in total. The second kappa shape index (κ2) is 5.05. The molecule has 2 unspecified atom stereocenters. The third-order valence-electron chi connectivity index (χ3n) is 4.20. The van der Waals surface area contributed by atoms with Crippen LogP contribution >= 0.6 is 11.6 Å². The first-order chi connectivity index (χ1) is 9.56. The first kappa shape index (κ1) is 13.4. The van der Waals surface area contributed by atoms with Crippen molar-refractivity contribution >= 4 is 23.5 Å². The van der Waals surface area contributed by atoms with Gasteiger partial charge in [-0.1, -0.05) is 11.6 Å². The van der Waals surface area contributed by atoms with Crippen LogP contribution in [-0.4, -0.2) is 39.5 Å². The lowest BCUT2D eigenvalue weighted by Crippen LogP contribution is -2.47. The third kappa shape index (κ3) is 2.26. The number of aliphatic carboxylic acids is 1. The lowest BCUT2D eigenvalue weighted by molar-refractivity contribution is -0.143. The fourth-order valence-electron chi connectivity index (χ4n) is 3.10. The van der Waals surface area contributed by atoms with Gasteiger partial charge >= 0.3 is 5.97 Å². The maximum atomic E-state index is 12.6. The summed E-state index contributed by atoms with van der Waals surface area (Å²) < 4.78 is 0. The van der Waals surface area contributed by atoms with Gasteiger partial charge in [0.25, 0.3) is 5.91 Å². The number of pyridine rings is 1. The summed E-state index contributed by atoms with van der Waals surface area (Å²) >= 11 is 5.88. The highest BCUT2D eigenvalue weighted by Gasteiger charge is 2.37. The number of carboxylic acid groups (broad SMARTS) is 1. The summed E-state index contributed by atoms with van der Waals surface area (Å²) in [4.78, 5) is 29.7. The number of carbonyl (C=O) groups is 2. The molecule has 3 heterocycles. The fourth-order valence-corrected chi connectivity index (χ4v) is 3.26. The second-order valence-corrected chi connectivity index (χ2v) is 5.78. The van der Waals surface area contributed by atoms with Crippen LogP contribution in [0, 0.1) is 5.92 Å². The summed E-state index contributed by atoms with van der Waals surface area (Å²) in [7, 11) is 0. The first-order valence-corrected chi connectivity index (χ1v) is 7.13. The largest absolute Gasteiger partial charge is 0.481 e. The van der Waals surface area contributed by atoms with Crippen LogP contribution in [0.5, 0.6) is 0 Å². The average Bonchev–Trinajstić information content (AvgIpc) is 2.56. The summed E-state index contributed by atoms with van der Waals surface area (Å²) in [5, 5.41) is 9.54. The highest BCUT2D eigenvalue weighted by Crippen LogP contribution is 2.30. The molecule has 0 radical (unpaired) electrons. The van der Waals surface area contributed by atoms with Crippen LogP contribution in [0.2, 0.25) is 5.15 Å². The minimum atomic E-state index is -0.824. The van der Waals surface area contributed by atoms with Crippen LogP contribution in [-0.2, 0) is 11.2 Å². The van der Waals surface area contributed by atoms with E-state index < -0.39 is 11.9 Å². The van der Waals surface area contributed by atoms with Gasteiger partial charge in [0.05, 0.1) is 17.2 Å². The van der Waals surface area contributed by atoms with E-state index in [9.17, 15) is 9.59 Å². The molecule has 1 N–H and O–H groups in total. The molecule has 2 aliphatic rings. The number of nitrogens with zero attached hydrogens (tertiary/aromatic N) is 2. The molecule has 0 bridgehead atoms. The Balaban J connectivity index is 1.93. The van der Waals surface area contributed by atoms with E-state index in [0.29, 0.717) is 30.1 Å². The van der Waals surface area contributed by atoms with E-state index in [0.717, 1.165) is 18.5 Å². The lowest BCUT2D eigenvalue weighted by atomic mass is 9.91. The monoisotopic (exact) mass is 294 g/mol. The van der Waals surface area contributed by atoms with E-state index in [-0.39, 0.29) is 11.9 Å². The van der Waals surface area contributed by atoms with Crippen LogP contribution in [0.25, 0.3) is 0 Å². The maximum absolute atomic E-state index is 12.6. The number of hydrogen-bond donors (Lipinski definition) is 1. The summed E-state index contributed by atoms with van der Waals surface area (Å²) in [5.74, 6) is -1.40. The minimum Gasteiger partial charge on any atom is -0.481 e. The number of aromatic nitrogens is 1. The van der Waals surface area contributed by atoms with Gasteiger partial charge in [0.15, 0.2) is 0 Å². The highest BCUT2D eigenvalue weighted by molar-refractivity contribution is 6.29. The van der Waals surface area contributed by atoms with Gasteiger partial charge in [-0.2, -0.15) is 0 Å². The Labute approximate surface area is 121 Å². The van der Waals surface area contributed by atoms with Gasteiger partial charge in [0.2, 0.25) is 0 Å². The van der Waals surface area contributed by atoms with Crippen LogP contribution in [0.4, 0.5) is 0 Å². The summed E-state index contributed by atoms with van der Waals surface area (Å²) in [6, 6.07) is 3.42. The van der Waals surface area contributed by atoms with Gasteiger partial charge in [-0.3, -0.25) is 9.59 Å². The Morgan fingerprint density at radius 1 is 1.35 bits per heavy atom. The van der Waals surface area contributed by atoms with Crippen molar-refractivity contribution < 1.29 is 14.7 Å². The number of fused-ring (bicyclic) bond motifs is 2. The summed E-state index contributed by atoms with van der Waals surface area (Å²) in [6.07, 6.45) is 2.90. The predicted molar refractivity (Wildman–Crippen MR) is 72.8 cm³/mol. The summed E-state index contributed by atoms with van der Waals surface area (Å²) in [6.45, 7) is 0.293. The highest BCUT2D eigenvalue weighted by atomic mass is 35.5. The molecule has 106 valence electrons. The quantitative estimate of drug-likeness (QED) is 0.804. The molecule has 0 aliphatic carbocycles. The van der Waals surface area contributed by atoms with E-state index >= 15 is 0 Å². The molecule has 2 aliphatic heterocycles. The fraction of sp³-hybridized carbons (Fsp3) is 0.500. The van der Waals surface area contributed by atoms with Gasteiger partial charge in [0.1, 0.15) is 5.15 Å². The lowest BCUT2D eigenvalue weighted by Gasteiger charge is -2.37. The smallest absolute Gasteiger partial charge is 0.308 e. The molecule has 20 heavy (non-hydrogen) atoms. The van der Waals surface area contributed by atoms with E-state index in [1.54, 1.807) is 17.0 Å². The van der Waals surface area contributed by atoms with Gasteiger partial charge in [-0.05, 0) is 37.8 Å². The van der Waals surface area contributed by atoms with Crippen molar-refractivity contribution in [1.82, 2.24) is 9.88 Å². The van der Waals surface area contributed by atoms with Gasteiger partial charge in [-0.15, -0.1) is 0 Å². The van der Waals surface area contributed by atoms with E-state index in [2.05, 4.69) is 4.98 Å². The van der Waals surface area contributed by atoms with Crippen molar-refractivity contribution in [2.45, 2.75) is 31.7 Å². The topological polar surface area (TPSA) is 70.5 Å². The van der Waals surface area contributed by atoms with Gasteiger partial charge in [0, 0.05) is 12.6 Å². The molecular formula is C14H15ClN2O3. The molecule has 6 heteroatoms. The number of amides is 1. The van der Waals surface area contributed by atoms with E-state index in [1.807, 2.05) is 0 Å². The Hall–Kier alpha value is -1.62. The second-order valence-electron chi connectivity index (χ2n) is 5.39. The summed E-state index contributed by atoms with van der Waals surface area (Å²) in [5.41, 5.74) is 1.28. The molecule has 3 rings (SSSR count). The number of carbonyl (C=O) groups excluding carboxylic acids is 1. The maximum Gasteiger partial charge on any atom is 0.308 e. The van der Waals surface area contributed by atoms with E-state index in [1.165, 1.54) is 0 Å². The Morgan fingerprint density at radius 3 is 2.90 bits per heavy atom. The zero-order valence-corrected chi connectivity index (χ0v) is 11.6. The SMILES string of the molecule is O=C(O)C1CCC2CCc3nc(Cl)ccc3C(=O)N2C1. The molecule has 1 aromatic rings. The van der Waals surface area contributed by atoms with Crippen molar-refractivity contribution in [2.24, 2.45) is 5.92 Å². The number of carboxylic acids is 1. The molecule has 1 fully saturated rings. The van der Waals surface area contributed by atoms with Crippen molar-refractivity contribution in [1.29, 1.82) is 0 Å². The molecule has 1 amide bonds. The van der Waals surface area contributed by atoms with Crippen LogP contribution in [0.1, 0.15) is 35.3 Å². The van der Waals surface area contributed by atoms with Gasteiger partial charge in [-0.25, -0.2) is 4.98 Å². The molecule has 0 saturated carbocycles. The molecule has 0 spiro atoms. The molecular weight excluding hydrogens is 280 g/mol. The number of hydrogen-bond acceptors (Lipinski definition) is 3. The Kier molecular flexibility index (Phi) is 3.38. The van der Waals surface area contributed by atoms with Crippen LogP contribution in [0.3, 0.4) is 0 Å². The van der Waals surface area contributed by atoms with E-state index in [4.69, 9.17) is 16.7 Å². The molecule has 1 aromatic heterocycles. The number of piperidine rings is 1. The third-order valence-corrected chi connectivity index (χ3v) is 4.41. The predicted octanol–water partition coefficient (Wildman–Crippen LogP) is 1.99. The minimum absolute atomic E-state index is 0.113. The average molecular weight is 295 g/mol. The zero-order chi connectivity index (χ0) is 14.3. The standard InChI is InChI=1S/C14H15ClN2O3/c15-12-6-4-10-11(16-12)5-3-9-2-1-8(14(19)20)7-17(9)13(10)18/h4,6,8-9H,1-3,5,7H2,(H,19,20). The Morgan fingerprint density at radius 2 is 2.15 bits per heavy atom. The van der Waals surface area contributed by atoms with Crippen molar-refractivity contribution in [3.8, 4) is 0 Å². The van der Waals surface area contributed by atoms with Crippen molar-refractivity contribution in [2.75, 3.05) is 6.54 Å². The zero-order valence-electron chi connectivity index (χ0n) is 10.9. The number of aryl methyl sites for hydroxylation is 1. The molecule has 1 saturated heterocycles. The number of rotatable bonds is 1. The van der Waals surface area contributed by atoms with Crippen LogP contribution < -0.4 is 0 Å². The van der Waals surface area contributed by atoms with Crippen LogP contribution in [0.15, 0.2) is 12.1 Å². The number of halogens is 1. The van der Waals surface area contributed by atoms with Crippen molar-refractivity contribution in [3.05, 3.63) is 28.5 Å².